The first kappa shape index (κ1) is 18.7. The summed E-state index contributed by atoms with van der Waals surface area (Å²) < 4.78 is 22.8. The van der Waals surface area contributed by atoms with E-state index in [1.807, 2.05) is 0 Å². The van der Waals surface area contributed by atoms with Crippen molar-refractivity contribution in [2.24, 2.45) is 18.2 Å². The van der Waals surface area contributed by atoms with Crippen LogP contribution in [0.4, 0.5) is 16.0 Å². The van der Waals surface area contributed by atoms with E-state index < -0.39 is 11.7 Å². The monoisotopic (exact) mass is 412 g/mol. The van der Waals surface area contributed by atoms with E-state index in [9.17, 15) is 14.0 Å². The highest BCUT2D eigenvalue weighted by Crippen LogP contribution is 2.53. The molecule has 9 nitrogen and oxygen atoms in total. The molecule has 1 amide bonds. The van der Waals surface area contributed by atoms with Crippen LogP contribution in [0, 0.1) is 18.2 Å². The molecular formula is C20H21FN6O3. The summed E-state index contributed by atoms with van der Waals surface area (Å²) in [5.41, 5.74) is 7.28. The number of carbonyl (C=O) groups is 1. The Balaban J connectivity index is 1.51. The number of primary amides is 1. The van der Waals surface area contributed by atoms with Gasteiger partial charge in [-0.15, -0.1) is 0 Å². The number of nitrogens with one attached hydrogen (secondary N) is 1. The lowest BCUT2D eigenvalue weighted by molar-refractivity contribution is -0.174. The number of hydrogen-bond donors (Lipinski definition) is 2. The lowest BCUT2D eigenvalue weighted by atomic mass is 9.64. The van der Waals surface area contributed by atoms with E-state index in [1.165, 1.54) is 16.7 Å². The van der Waals surface area contributed by atoms with Gasteiger partial charge in [0.1, 0.15) is 11.3 Å². The predicted octanol–water partition coefficient (Wildman–Crippen LogP) is 1.77. The topological polar surface area (TPSA) is 117 Å². The van der Waals surface area contributed by atoms with Crippen LogP contribution in [-0.2, 0) is 11.8 Å². The number of halogens is 1. The standard InChI is InChI=1S/C20H21FN6O3/c1-10-3-12(16(22)28)13(21)4-14(10)24-18-23-7-15-17(25-18)27(19(29)26(15)2)11-5-20(6-11)8-30-9-20/h3-4,7,11H,5-6,8-9H2,1-2H3,(H2,22,28)(H,23,24,25). The number of rotatable bonds is 4. The van der Waals surface area contributed by atoms with E-state index in [4.69, 9.17) is 10.5 Å². The molecule has 1 saturated heterocycles. The van der Waals surface area contributed by atoms with Crippen LogP contribution in [0.25, 0.3) is 11.2 Å². The summed E-state index contributed by atoms with van der Waals surface area (Å²) in [6.45, 7) is 3.22. The molecule has 1 aromatic carbocycles. The molecule has 2 aliphatic rings. The minimum Gasteiger partial charge on any atom is -0.380 e. The number of anilines is 2. The van der Waals surface area contributed by atoms with Gasteiger partial charge in [0.25, 0.3) is 5.91 Å². The first-order valence-corrected chi connectivity index (χ1v) is 9.67. The quantitative estimate of drug-likeness (QED) is 0.675. The highest BCUT2D eigenvalue weighted by Gasteiger charge is 2.51. The Bertz CT molecular complexity index is 1250. The molecule has 5 rings (SSSR count). The van der Waals surface area contributed by atoms with Crippen LogP contribution < -0.4 is 16.7 Å². The van der Waals surface area contributed by atoms with Gasteiger partial charge in [0.05, 0.1) is 25.0 Å². The number of hydrogen-bond acceptors (Lipinski definition) is 6. The highest BCUT2D eigenvalue weighted by molar-refractivity contribution is 5.94. The summed E-state index contributed by atoms with van der Waals surface area (Å²) in [6, 6.07) is 2.64. The lowest BCUT2D eigenvalue weighted by Gasteiger charge is -2.53. The van der Waals surface area contributed by atoms with E-state index in [1.54, 1.807) is 24.7 Å². The molecule has 156 valence electrons. The van der Waals surface area contributed by atoms with Crippen molar-refractivity contribution >= 4 is 28.7 Å². The fourth-order valence-electron chi connectivity index (χ4n) is 4.40. The second-order valence-electron chi connectivity index (χ2n) is 8.31. The Hall–Kier alpha value is -3.27. The number of benzene rings is 1. The van der Waals surface area contributed by atoms with Gasteiger partial charge in [0.15, 0.2) is 5.65 Å². The first-order chi connectivity index (χ1) is 14.3. The maximum absolute atomic E-state index is 14.2. The fourth-order valence-corrected chi connectivity index (χ4v) is 4.40. The second-order valence-corrected chi connectivity index (χ2v) is 8.31. The Morgan fingerprint density at radius 3 is 2.73 bits per heavy atom. The predicted molar refractivity (Wildman–Crippen MR) is 107 cm³/mol. The van der Waals surface area contributed by atoms with Gasteiger partial charge >= 0.3 is 5.69 Å². The molecule has 0 atom stereocenters. The number of fused-ring (bicyclic) bond motifs is 1. The zero-order valence-electron chi connectivity index (χ0n) is 16.6. The molecule has 0 radical (unpaired) electrons. The smallest absolute Gasteiger partial charge is 0.330 e. The van der Waals surface area contributed by atoms with E-state index >= 15 is 0 Å². The van der Waals surface area contributed by atoms with Gasteiger partial charge in [-0.05, 0) is 37.5 Å². The van der Waals surface area contributed by atoms with Gasteiger partial charge < -0.3 is 15.8 Å². The average Bonchev–Trinajstić information content (AvgIpc) is 2.87. The Morgan fingerprint density at radius 1 is 1.37 bits per heavy atom. The second kappa shape index (κ2) is 6.36. The van der Waals surface area contributed by atoms with Crippen LogP contribution >= 0.6 is 0 Å². The zero-order valence-corrected chi connectivity index (χ0v) is 16.6. The minimum atomic E-state index is -0.830. The Morgan fingerprint density at radius 2 is 2.10 bits per heavy atom. The number of nitrogens with zero attached hydrogens (tertiary/aromatic N) is 4. The fraction of sp³-hybridized carbons (Fsp3) is 0.400. The van der Waals surface area contributed by atoms with Crippen LogP contribution in [0.1, 0.15) is 34.8 Å². The van der Waals surface area contributed by atoms with Crippen LogP contribution in [0.15, 0.2) is 23.1 Å². The van der Waals surface area contributed by atoms with Crippen molar-refractivity contribution in [3.05, 3.63) is 45.8 Å². The molecule has 3 aromatic rings. The van der Waals surface area contributed by atoms with Crippen LogP contribution in [-0.4, -0.2) is 38.2 Å². The first-order valence-electron chi connectivity index (χ1n) is 9.67. The summed E-state index contributed by atoms with van der Waals surface area (Å²) >= 11 is 0. The number of carbonyl (C=O) groups excluding carboxylic acids is 1. The van der Waals surface area contributed by atoms with Gasteiger partial charge in [-0.3, -0.25) is 13.9 Å². The van der Waals surface area contributed by atoms with Gasteiger partial charge in [0, 0.05) is 24.2 Å². The summed E-state index contributed by atoms with van der Waals surface area (Å²) in [5.74, 6) is -1.32. The van der Waals surface area contributed by atoms with E-state index in [2.05, 4.69) is 15.3 Å². The minimum absolute atomic E-state index is 0.0712. The van der Waals surface area contributed by atoms with Gasteiger partial charge in [-0.2, -0.15) is 4.98 Å². The van der Waals surface area contributed by atoms with Gasteiger partial charge in [-0.1, -0.05) is 0 Å². The third kappa shape index (κ3) is 2.71. The molecule has 3 N–H and O–H groups in total. The zero-order chi connectivity index (χ0) is 21.2. The van der Waals surface area contributed by atoms with Crippen LogP contribution in [0.2, 0.25) is 0 Å². The average molecular weight is 412 g/mol. The van der Waals surface area contributed by atoms with Gasteiger partial charge in [-0.25, -0.2) is 14.2 Å². The third-order valence-corrected chi connectivity index (χ3v) is 6.18. The molecule has 0 bridgehead atoms. The maximum atomic E-state index is 14.2. The third-order valence-electron chi connectivity index (χ3n) is 6.18. The van der Waals surface area contributed by atoms with Crippen molar-refractivity contribution in [2.45, 2.75) is 25.8 Å². The normalized spacial score (nSPS) is 17.7. The number of amides is 1. The highest BCUT2D eigenvalue weighted by atomic mass is 19.1. The molecule has 10 heteroatoms. The van der Waals surface area contributed by atoms with Crippen molar-refractivity contribution < 1.29 is 13.9 Å². The molecule has 1 aliphatic carbocycles. The molecule has 0 unspecified atom stereocenters. The lowest BCUT2D eigenvalue weighted by Crippen LogP contribution is -2.53. The van der Waals surface area contributed by atoms with Gasteiger partial charge in [0.2, 0.25) is 5.95 Å². The van der Waals surface area contributed by atoms with E-state index in [-0.39, 0.29) is 28.7 Å². The number of nitrogens with two attached hydrogens (primary N) is 1. The summed E-state index contributed by atoms with van der Waals surface area (Å²) in [5, 5.41) is 2.98. The molecule has 30 heavy (non-hydrogen) atoms. The Labute approximate surface area is 170 Å². The summed E-state index contributed by atoms with van der Waals surface area (Å²) in [6.07, 6.45) is 3.35. The molecule has 2 aromatic heterocycles. The number of ether oxygens (including phenoxy) is 1. The Kier molecular flexibility index (Phi) is 3.97. The van der Waals surface area contributed by atoms with Crippen molar-refractivity contribution in [2.75, 3.05) is 18.5 Å². The number of aryl methyl sites for hydroxylation is 2. The SMILES string of the molecule is Cc1cc(C(N)=O)c(F)cc1Nc1ncc2c(n1)n(C1CC3(COC3)C1)c(=O)n2C. The van der Waals surface area contributed by atoms with Crippen LogP contribution in [0.3, 0.4) is 0 Å². The molecule has 2 fully saturated rings. The van der Waals surface area contributed by atoms with Crippen molar-refractivity contribution in [1.29, 1.82) is 0 Å². The molecule has 1 spiro atoms. The van der Waals surface area contributed by atoms with E-state index in [0.717, 1.165) is 26.1 Å². The molecular weight excluding hydrogens is 391 g/mol. The van der Waals surface area contributed by atoms with Crippen molar-refractivity contribution in [3.8, 4) is 0 Å². The summed E-state index contributed by atoms with van der Waals surface area (Å²) in [7, 11) is 1.70. The number of aromatic nitrogens is 4. The molecule has 1 saturated carbocycles. The number of imidazole rings is 1. The molecule has 3 heterocycles. The summed E-state index contributed by atoms with van der Waals surface area (Å²) in [4.78, 5) is 33.0. The van der Waals surface area contributed by atoms with Crippen LogP contribution in [0.5, 0.6) is 0 Å². The van der Waals surface area contributed by atoms with Crippen molar-refractivity contribution in [3.63, 3.8) is 0 Å². The maximum Gasteiger partial charge on any atom is 0.330 e. The van der Waals surface area contributed by atoms with E-state index in [0.29, 0.717) is 22.4 Å². The van der Waals surface area contributed by atoms with Crippen molar-refractivity contribution in [1.82, 2.24) is 19.1 Å². The molecule has 1 aliphatic heterocycles. The largest absolute Gasteiger partial charge is 0.380 e.